The molecule has 122 valence electrons. The van der Waals surface area contributed by atoms with Crippen LogP contribution in [0.2, 0.25) is 5.02 Å². The minimum Gasteiger partial charge on any atom is -0.393 e. The van der Waals surface area contributed by atoms with Gasteiger partial charge < -0.3 is 16.2 Å². The van der Waals surface area contributed by atoms with Crippen molar-refractivity contribution >= 4 is 35.1 Å². The number of aromatic nitrogens is 2. The SMILES string of the molecule is Nc1ncc(Sc2ccc(Cl)cc2)c(NC2CCC(O)CC2)n1. The first-order chi connectivity index (χ1) is 11.1. The molecule has 1 aromatic heterocycles. The minimum atomic E-state index is -0.175. The third-order valence-corrected chi connectivity index (χ3v) is 5.13. The summed E-state index contributed by atoms with van der Waals surface area (Å²) in [5, 5.41) is 13.8. The van der Waals surface area contributed by atoms with E-state index in [1.807, 2.05) is 24.3 Å². The van der Waals surface area contributed by atoms with E-state index in [2.05, 4.69) is 15.3 Å². The number of anilines is 2. The Morgan fingerprint density at radius 2 is 1.87 bits per heavy atom. The molecular formula is C16H19ClN4OS. The molecule has 0 aliphatic heterocycles. The van der Waals surface area contributed by atoms with Gasteiger partial charge in [0.2, 0.25) is 5.95 Å². The average molecular weight is 351 g/mol. The number of aliphatic hydroxyl groups is 1. The Balaban J connectivity index is 1.76. The average Bonchev–Trinajstić information content (AvgIpc) is 2.54. The number of halogens is 1. The largest absolute Gasteiger partial charge is 0.393 e. The van der Waals surface area contributed by atoms with Crippen LogP contribution in [0, 0.1) is 0 Å². The predicted octanol–water partition coefficient (Wildman–Crippen LogP) is 3.58. The van der Waals surface area contributed by atoms with Gasteiger partial charge >= 0.3 is 0 Å². The Morgan fingerprint density at radius 3 is 2.57 bits per heavy atom. The second-order valence-corrected chi connectivity index (χ2v) is 7.20. The first-order valence-electron chi connectivity index (χ1n) is 7.60. The normalized spacial score (nSPS) is 21.1. The van der Waals surface area contributed by atoms with Gasteiger partial charge in [-0.1, -0.05) is 23.4 Å². The molecule has 1 aliphatic rings. The lowest BCUT2D eigenvalue weighted by Crippen LogP contribution is -2.28. The standard InChI is InChI=1S/C16H19ClN4OS/c17-10-1-7-13(8-2-10)23-14-9-19-16(18)21-15(14)20-11-3-5-12(22)6-4-11/h1-2,7-9,11-12,22H,3-6H2,(H3,18,19,20,21). The second-order valence-electron chi connectivity index (χ2n) is 5.65. The Hall–Kier alpha value is -1.50. The van der Waals surface area contributed by atoms with Gasteiger partial charge in [-0.25, -0.2) is 4.98 Å². The van der Waals surface area contributed by atoms with Gasteiger partial charge in [-0.05, 0) is 49.9 Å². The first-order valence-corrected chi connectivity index (χ1v) is 8.80. The molecule has 1 saturated carbocycles. The first kappa shape index (κ1) is 16.4. The number of nitrogens with zero attached hydrogens (tertiary/aromatic N) is 2. The molecule has 2 aromatic rings. The van der Waals surface area contributed by atoms with Crippen molar-refractivity contribution in [3.8, 4) is 0 Å². The highest BCUT2D eigenvalue weighted by molar-refractivity contribution is 7.99. The summed E-state index contributed by atoms with van der Waals surface area (Å²) in [5.74, 6) is 1.00. The fourth-order valence-corrected chi connectivity index (χ4v) is 3.56. The lowest BCUT2D eigenvalue weighted by Gasteiger charge is -2.27. The smallest absolute Gasteiger partial charge is 0.221 e. The van der Waals surface area contributed by atoms with Crippen LogP contribution in [0.5, 0.6) is 0 Å². The molecule has 1 fully saturated rings. The van der Waals surface area contributed by atoms with Crippen LogP contribution < -0.4 is 11.1 Å². The quantitative estimate of drug-likeness (QED) is 0.781. The Morgan fingerprint density at radius 1 is 1.17 bits per heavy atom. The van der Waals surface area contributed by atoms with Crippen molar-refractivity contribution in [2.24, 2.45) is 0 Å². The maximum absolute atomic E-state index is 9.62. The van der Waals surface area contributed by atoms with Gasteiger partial charge in [-0.15, -0.1) is 0 Å². The molecule has 0 bridgehead atoms. The van der Waals surface area contributed by atoms with Crippen LogP contribution in [0.3, 0.4) is 0 Å². The van der Waals surface area contributed by atoms with Crippen molar-refractivity contribution in [2.45, 2.75) is 47.6 Å². The van der Waals surface area contributed by atoms with E-state index in [1.54, 1.807) is 18.0 Å². The van der Waals surface area contributed by atoms with Crippen LogP contribution in [0.1, 0.15) is 25.7 Å². The molecule has 1 aliphatic carbocycles. The number of aliphatic hydroxyl groups excluding tert-OH is 1. The van der Waals surface area contributed by atoms with Gasteiger partial charge in [0.25, 0.3) is 0 Å². The molecule has 1 aromatic carbocycles. The predicted molar refractivity (Wildman–Crippen MR) is 93.9 cm³/mol. The molecule has 0 spiro atoms. The highest BCUT2D eigenvalue weighted by Gasteiger charge is 2.21. The zero-order valence-corrected chi connectivity index (χ0v) is 14.1. The number of hydrogen-bond donors (Lipinski definition) is 3. The molecule has 23 heavy (non-hydrogen) atoms. The summed E-state index contributed by atoms with van der Waals surface area (Å²) in [7, 11) is 0. The Labute approximate surface area is 144 Å². The molecule has 1 heterocycles. The van der Waals surface area contributed by atoms with E-state index in [9.17, 15) is 5.11 Å². The zero-order valence-electron chi connectivity index (χ0n) is 12.6. The van der Waals surface area contributed by atoms with E-state index < -0.39 is 0 Å². The summed E-state index contributed by atoms with van der Waals surface area (Å²) >= 11 is 7.49. The number of nitrogens with two attached hydrogens (primary N) is 1. The molecule has 7 heteroatoms. The number of nitrogens with one attached hydrogen (secondary N) is 1. The fourth-order valence-electron chi connectivity index (χ4n) is 2.61. The molecule has 5 nitrogen and oxygen atoms in total. The topological polar surface area (TPSA) is 84.1 Å². The van der Waals surface area contributed by atoms with Crippen LogP contribution in [0.4, 0.5) is 11.8 Å². The molecule has 0 radical (unpaired) electrons. The lowest BCUT2D eigenvalue weighted by molar-refractivity contribution is 0.126. The van der Waals surface area contributed by atoms with E-state index in [4.69, 9.17) is 17.3 Å². The lowest BCUT2D eigenvalue weighted by atomic mass is 9.93. The van der Waals surface area contributed by atoms with Gasteiger partial charge in [0, 0.05) is 22.2 Å². The van der Waals surface area contributed by atoms with E-state index in [0.717, 1.165) is 41.3 Å². The van der Waals surface area contributed by atoms with Crippen LogP contribution in [0.15, 0.2) is 40.3 Å². The minimum absolute atomic E-state index is 0.175. The summed E-state index contributed by atoms with van der Waals surface area (Å²) in [6.07, 6.45) is 5.05. The maximum Gasteiger partial charge on any atom is 0.221 e. The van der Waals surface area contributed by atoms with Gasteiger partial charge in [0.05, 0.1) is 11.0 Å². The molecular weight excluding hydrogens is 332 g/mol. The van der Waals surface area contributed by atoms with Crippen molar-refractivity contribution in [3.63, 3.8) is 0 Å². The highest BCUT2D eigenvalue weighted by Crippen LogP contribution is 2.34. The van der Waals surface area contributed by atoms with Crippen LogP contribution in [-0.2, 0) is 0 Å². The third kappa shape index (κ3) is 4.50. The van der Waals surface area contributed by atoms with Gasteiger partial charge in [-0.3, -0.25) is 0 Å². The van der Waals surface area contributed by atoms with Crippen LogP contribution in [0.25, 0.3) is 0 Å². The van der Waals surface area contributed by atoms with Crippen molar-refractivity contribution in [2.75, 3.05) is 11.1 Å². The second kappa shape index (κ2) is 7.38. The monoisotopic (exact) mass is 350 g/mol. The van der Waals surface area contributed by atoms with Gasteiger partial charge in [-0.2, -0.15) is 4.98 Å². The summed E-state index contributed by atoms with van der Waals surface area (Å²) in [5.41, 5.74) is 5.74. The van der Waals surface area contributed by atoms with Gasteiger partial charge in [0.1, 0.15) is 5.82 Å². The van der Waals surface area contributed by atoms with Crippen LogP contribution >= 0.6 is 23.4 Å². The molecule has 3 rings (SSSR count). The number of benzene rings is 1. The summed E-state index contributed by atoms with van der Waals surface area (Å²) in [6.45, 7) is 0. The van der Waals surface area contributed by atoms with Crippen molar-refractivity contribution in [1.29, 1.82) is 0 Å². The molecule has 0 amide bonds. The molecule has 0 unspecified atom stereocenters. The molecule has 0 saturated heterocycles. The highest BCUT2D eigenvalue weighted by atomic mass is 35.5. The maximum atomic E-state index is 9.62. The van der Waals surface area contributed by atoms with Gasteiger partial charge in [0.15, 0.2) is 0 Å². The van der Waals surface area contributed by atoms with E-state index in [1.165, 1.54) is 0 Å². The van der Waals surface area contributed by atoms with Crippen molar-refractivity contribution in [3.05, 3.63) is 35.5 Å². The molecule has 0 atom stereocenters. The third-order valence-electron chi connectivity index (χ3n) is 3.85. The van der Waals surface area contributed by atoms with E-state index in [-0.39, 0.29) is 12.1 Å². The number of hydrogen-bond acceptors (Lipinski definition) is 6. The summed E-state index contributed by atoms with van der Waals surface area (Å²) in [6, 6.07) is 7.95. The van der Waals surface area contributed by atoms with Crippen molar-refractivity contribution < 1.29 is 5.11 Å². The van der Waals surface area contributed by atoms with Crippen molar-refractivity contribution in [1.82, 2.24) is 9.97 Å². The number of nitrogen functional groups attached to an aromatic ring is 1. The Bertz CT molecular complexity index is 660. The van der Waals surface area contributed by atoms with E-state index >= 15 is 0 Å². The summed E-state index contributed by atoms with van der Waals surface area (Å²) < 4.78 is 0. The van der Waals surface area contributed by atoms with Crippen LogP contribution in [-0.4, -0.2) is 27.2 Å². The Kier molecular flexibility index (Phi) is 5.25. The van der Waals surface area contributed by atoms with E-state index in [0.29, 0.717) is 11.1 Å². The number of rotatable bonds is 4. The summed E-state index contributed by atoms with van der Waals surface area (Å²) in [4.78, 5) is 10.4. The zero-order chi connectivity index (χ0) is 16.2. The fraction of sp³-hybridized carbons (Fsp3) is 0.375. The molecule has 4 N–H and O–H groups in total.